The average Bonchev–Trinajstić information content (AvgIpc) is 3.77. The van der Waals surface area contributed by atoms with Crippen molar-refractivity contribution in [1.82, 2.24) is 15.0 Å². The van der Waals surface area contributed by atoms with Gasteiger partial charge in [-0.15, -0.1) is 0 Å². The molecule has 50 heavy (non-hydrogen) atoms. The van der Waals surface area contributed by atoms with Gasteiger partial charge in [0.05, 0.1) is 0 Å². The third-order valence-corrected chi connectivity index (χ3v) is 9.36. The van der Waals surface area contributed by atoms with Crippen LogP contribution in [0.3, 0.4) is 0 Å². The molecule has 0 aliphatic rings. The minimum Gasteiger partial charge on any atom is -0.456 e. The molecule has 0 aliphatic heterocycles. The highest BCUT2D eigenvalue weighted by Crippen LogP contribution is 2.42. The van der Waals surface area contributed by atoms with E-state index in [0.717, 1.165) is 82.8 Å². The highest BCUT2D eigenvalue weighted by atomic mass is 16.3. The fraction of sp³-hybridized carbons (Fsp3) is 0. The van der Waals surface area contributed by atoms with Gasteiger partial charge >= 0.3 is 0 Å². The number of aromatic nitrogens is 3. The van der Waals surface area contributed by atoms with E-state index in [1.54, 1.807) is 0 Å². The molecule has 3 aromatic heterocycles. The Bertz CT molecular complexity index is 2860. The number of furan rings is 2. The van der Waals surface area contributed by atoms with Crippen LogP contribution in [0.15, 0.2) is 173 Å². The Morgan fingerprint density at radius 2 is 0.760 bits per heavy atom. The van der Waals surface area contributed by atoms with Gasteiger partial charge in [0, 0.05) is 38.2 Å². The van der Waals surface area contributed by atoms with E-state index in [1.165, 1.54) is 0 Å². The van der Waals surface area contributed by atoms with Gasteiger partial charge in [-0.1, -0.05) is 133 Å². The lowest BCUT2D eigenvalue weighted by Gasteiger charge is -2.10. The van der Waals surface area contributed by atoms with Crippen LogP contribution in [-0.2, 0) is 0 Å². The van der Waals surface area contributed by atoms with Gasteiger partial charge in [0.2, 0.25) is 0 Å². The monoisotopic (exact) mass is 641 g/mol. The molecule has 0 fully saturated rings. The van der Waals surface area contributed by atoms with Crippen molar-refractivity contribution >= 4 is 43.9 Å². The summed E-state index contributed by atoms with van der Waals surface area (Å²) in [6, 6.07) is 55.6. The van der Waals surface area contributed by atoms with Gasteiger partial charge in [-0.2, -0.15) is 0 Å². The Labute approximate surface area is 287 Å². The van der Waals surface area contributed by atoms with Crippen LogP contribution in [0.4, 0.5) is 0 Å². The summed E-state index contributed by atoms with van der Waals surface area (Å²) >= 11 is 0. The first-order chi connectivity index (χ1) is 24.8. The first-order valence-corrected chi connectivity index (χ1v) is 16.6. The van der Waals surface area contributed by atoms with Gasteiger partial charge < -0.3 is 8.83 Å². The Kier molecular flexibility index (Phi) is 6.42. The lowest BCUT2D eigenvalue weighted by atomic mass is 9.97. The summed E-state index contributed by atoms with van der Waals surface area (Å²) in [5.74, 6) is 1.73. The molecule has 0 atom stereocenters. The molecule has 10 rings (SSSR count). The zero-order valence-corrected chi connectivity index (χ0v) is 26.7. The average molecular weight is 642 g/mol. The van der Waals surface area contributed by atoms with Crippen LogP contribution in [0.25, 0.3) is 100 Å². The topological polar surface area (TPSA) is 65.0 Å². The number of rotatable bonds is 5. The van der Waals surface area contributed by atoms with Crippen LogP contribution in [-0.4, -0.2) is 15.0 Å². The zero-order valence-electron chi connectivity index (χ0n) is 26.7. The van der Waals surface area contributed by atoms with Gasteiger partial charge in [0.1, 0.15) is 22.3 Å². The molecule has 7 aromatic carbocycles. The van der Waals surface area contributed by atoms with E-state index in [4.69, 9.17) is 23.8 Å². The first-order valence-electron chi connectivity index (χ1n) is 16.6. The first kappa shape index (κ1) is 28.2. The second-order valence-corrected chi connectivity index (χ2v) is 12.4. The van der Waals surface area contributed by atoms with Gasteiger partial charge in [-0.25, -0.2) is 15.0 Å². The van der Waals surface area contributed by atoms with Crippen molar-refractivity contribution in [2.24, 2.45) is 0 Å². The SMILES string of the molecule is c1ccc(-c2nc(-c3ccc4c(c3)oc3cccc(-c5ccccc5)c34)nc(-c3cccc4oc5cccc(-c6ccccc6)c5c34)n2)cc1. The minimum absolute atomic E-state index is 0.563. The molecule has 0 saturated heterocycles. The number of fused-ring (bicyclic) bond motifs is 6. The predicted molar refractivity (Wildman–Crippen MR) is 202 cm³/mol. The standard InChI is InChI=1S/C45H27N3O2/c1-4-13-28(14-5-1)32-19-10-22-36-40(32)34-26-25-31(27-39(34)50-36)44-46-43(30-17-8-3-9-18-30)47-45(48-44)35-21-12-24-38-42(35)41-33(20-11-23-37(41)49-38)29-15-6-2-7-16-29/h1-27H. The molecule has 0 amide bonds. The van der Waals surface area contributed by atoms with E-state index in [0.29, 0.717) is 17.5 Å². The third-order valence-electron chi connectivity index (χ3n) is 9.36. The lowest BCUT2D eigenvalue weighted by molar-refractivity contribution is 0.668. The molecule has 0 saturated carbocycles. The van der Waals surface area contributed by atoms with Crippen LogP contribution in [0.2, 0.25) is 0 Å². The predicted octanol–water partition coefficient (Wildman–Crippen LogP) is 12.0. The van der Waals surface area contributed by atoms with Crippen LogP contribution >= 0.6 is 0 Å². The maximum atomic E-state index is 6.47. The van der Waals surface area contributed by atoms with Crippen molar-refractivity contribution < 1.29 is 8.83 Å². The van der Waals surface area contributed by atoms with Crippen molar-refractivity contribution in [3.05, 3.63) is 164 Å². The number of hydrogen-bond donors (Lipinski definition) is 0. The molecular weight excluding hydrogens is 615 g/mol. The van der Waals surface area contributed by atoms with Crippen molar-refractivity contribution in [2.45, 2.75) is 0 Å². The summed E-state index contributed by atoms with van der Waals surface area (Å²) < 4.78 is 12.9. The Morgan fingerprint density at radius 3 is 1.38 bits per heavy atom. The summed E-state index contributed by atoms with van der Waals surface area (Å²) in [4.78, 5) is 15.3. The molecule has 3 heterocycles. The Hall–Kier alpha value is -6.85. The normalized spacial score (nSPS) is 11.6. The van der Waals surface area contributed by atoms with Crippen molar-refractivity contribution in [3.8, 4) is 56.4 Å². The summed E-state index contributed by atoms with van der Waals surface area (Å²) in [6.07, 6.45) is 0. The van der Waals surface area contributed by atoms with Gasteiger partial charge in [0.25, 0.3) is 0 Å². The van der Waals surface area contributed by atoms with E-state index in [9.17, 15) is 0 Å². The lowest BCUT2D eigenvalue weighted by Crippen LogP contribution is -2.00. The largest absolute Gasteiger partial charge is 0.456 e. The second kappa shape index (κ2) is 11.4. The highest BCUT2D eigenvalue weighted by Gasteiger charge is 2.21. The second-order valence-electron chi connectivity index (χ2n) is 12.4. The van der Waals surface area contributed by atoms with E-state index < -0.39 is 0 Å². The van der Waals surface area contributed by atoms with Crippen LogP contribution in [0, 0.1) is 0 Å². The molecular formula is C45H27N3O2. The Morgan fingerprint density at radius 1 is 0.300 bits per heavy atom. The molecule has 10 aromatic rings. The van der Waals surface area contributed by atoms with Crippen molar-refractivity contribution in [1.29, 1.82) is 0 Å². The van der Waals surface area contributed by atoms with E-state index in [-0.39, 0.29) is 0 Å². The molecule has 0 aliphatic carbocycles. The molecule has 234 valence electrons. The zero-order chi connectivity index (χ0) is 33.0. The molecule has 0 spiro atoms. The van der Waals surface area contributed by atoms with Crippen molar-refractivity contribution in [3.63, 3.8) is 0 Å². The van der Waals surface area contributed by atoms with E-state index >= 15 is 0 Å². The van der Waals surface area contributed by atoms with Crippen LogP contribution in [0.5, 0.6) is 0 Å². The van der Waals surface area contributed by atoms with Crippen molar-refractivity contribution in [2.75, 3.05) is 0 Å². The van der Waals surface area contributed by atoms with Gasteiger partial charge in [0.15, 0.2) is 17.5 Å². The fourth-order valence-electron chi connectivity index (χ4n) is 7.08. The van der Waals surface area contributed by atoms with Gasteiger partial charge in [-0.3, -0.25) is 0 Å². The van der Waals surface area contributed by atoms with Gasteiger partial charge in [-0.05, 0) is 52.6 Å². The fourth-order valence-corrected chi connectivity index (χ4v) is 7.08. The number of nitrogens with zero attached hydrogens (tertiary/aromatic N) is 3. The summed E-state index contributed by atoms with van der Waals surface area (Å²) in [5.41, 5.74) is 10.3. The summed E-state index contributed by atoms with van der Waals surface area (Å²) in [5, 5.41) is 4.14. The highest BCUT2D eigenvalue weighted by molar-refractivity contribution is 6.17. The molecule has 0 N–H and O–H groups in total. The van der Waals surface area contributed by atoms with E-state index in [2.05, 4.69) is 78.9 Å². The number of benzene rings is 7. The maximum absolute atomic E-state index is 6.47. The molecule has 0 bridgehead atoms. The number of hydrogen-bond acceptors (Lipinski definition) is 5. The third kappa shape index (κ3) is 4.60. The van der Waals surface area contributed by atoms with Crippen LogP contribution < -0.4 is 0 Å². The quantitative estimate of drug-likeness (QED) is 0.187. The minimum atomic E-state index is 0.563. The molecule has 5 nitrogen and oxygen atoms in total. The Balaban J connectivity index is 1.20. The van der Waals surface area contributed by atoms with E-state index in [1.807, 2.05) is 84.9 Å². The summed E-state index contributed by atoms with van der Waals surface area (Å²) in [6.45, 7) is 0. The molecule has 0 radical (unpaired) electrons. The summed E-state index contributed by atoms with van der Waals surface area (Å²) in [7, 11) is 0. The molecule has 5 heteroatoms. The maximum Gasteiger partial charge on any atom is 0.164 e. The van der Waals surface area contributed by atoms with Crippen LogP contribution in [0.1, 0.15) is 0 Å². The molecule has 0 unspecified atom stereocenters. The smallest absolute Gasteiger partial charge is 0.164 e.